The van der Waals surface area contributed by atoms with Crippen molar-refractivity contribution in [3.63, 3.8) is 0 Å². The molecule has 0 unspecified atom stereocenters. The van der Waals surface area contributed by atoms with E-state index in [-0.39, 0.29) is 11.9 Å². The van der Waals surface area contributed by atoms with Crippen molar-refractivity contribution in [2.45, 2.75) is 33.2 Å². The van der Waals surface area contributed by atoms with Crippen LogP contribution in [0.25, 0.3) is 4.96 Å². The second-order valence-corrected chi connectivity index (χ2v) is 8.77. The Bertz CT molecular complexity index is 976. The summed E-state index contributed by atoms with van der Waals surface area (Å²) in [5.41, 5.74) is 0.654. The molecule has 0 saturated carbocycles. The number of rotatable bonds is 3. The lowest BCUT2D eigenvalue weighted by molar-refractivity contribution is -0.936. The first-order chi connectivity index (χ1) is 12.8. The standard InChI is InChI=1S/C19H22F2N4OS/c1-10-6-11(2)9-24(8-10)16(13-4-5-14(20)15(21)7-13)17-18(26)25-19(27-17)22-12(3)23-25/h4-5,7,10-11,16,26H,6,8-9H2,1-3H3/p+1/t10-,11-,16-/m0/s1. The summed E-state index contributed by atoms with van der Waals surface area (Å²) in [6, 6.07) is 3.73. The monoisotopic (exact) mass is 393 g/mol. The van der Waals surface area contributed by atoms with E-state index in [0.29, 0.717) is 33.1 Å². The second kappa shape index (κ2) is 6.83. The van der Waals surface area contributed by atoms with Gasteiger partial charge in [-0.3, -0.25) is 0 Å². The normalized spacial score (nSPS) is 24.4. The van der Waals surface area contributed by atoms with Crippen molar-refractivity contribution in [3.8, 4) is 5.88 Å². The molecular weight excluding hydrogens is 370 g/mol. The highest BCUT2D eigenvalue weighted by Crippen LogP contribution is 2.36. The van der Waals surface area contributed by atoms with Crippen LogP contribution < -0.4 is 4.90 Å². The number of hydrogen-bond donors (Lipinski definition) is 2. The summed E-state index contributed by atoms with van der Waals surface area (Å²) in [5.74, 6) is -0.0878. The third-order valence-electron chi connectivity index (χ3n) is 5.28. The van der Waals surface area contributed by atoms with E-state index in [1.807, 2.05) is 0 Å². The van der Waals surface area contributed by atoms with Gasteiger partial charge in [0.1, 0.15) is 10.7 Å². The van der Waals surface area contributed by atoms with Crippen LogP contribution >= 0.6 is 11.3 Å². The van der Waals surface area contributed by atoms with Crippen molar-refractivity contribution in [2.24, 2.45) is 11.8 Å². The summed E-state index contributed by atoms with van der Waals surface area (Å²) in [6.45, 7) is 8.00. The van der Waals surface area contributed by atoms with Crippen LogP contribution in [-0.4, -0.2) is 32.8 Å². The number of benzene rings is 1. The summed E-state index contributed by atoms with van der Waals surface area (Å²) in [5, 5.41) is 15.0. The Hall–Kier alpha value is -2.06. The van der Waals surface area contributed by atoms with Crippen LogP contribution in [0.4, 0.5) is 8.78 Å². The molecule has 3 heterocycles. The van der Waals surface area contributed by atoms with Gasteiger partial charge in [-0.05, 0) is 31.5 Å². The highest BCUT2D eigenvalue weighted by atomic mass is 32.1. The molecule has 3 aromatic rings. The van der Waals surface area contributed by atoms with Crippen LogP contribution in [0, 0.1) is 30.4 Å². The highest BCUT2D eigenvalue weighted by Gasteiger charge is 2.37. The van der Waals surface area contributed by atoms with E-state index >= 15 is 0 Å². The Morgan fingerprint density at radius 1 is 1.22 bits per heavy atom. The SMILES string of the molecule is Cc1nc2sc([C@H](c3ccc(F)c(F)c3)[NH+]3C[C@@H](C)C[C@H](C)C3)c(O)n2n1. The predicted molar refractivity (Wildman–Crippen MR) is 99.1 cm³/mol. The minimum absolute atomic E-state index is 0.0312. The number of hydrogen-bond acceptors (Lipinski definition) is 4. The molecule has 0 spiro atoms. The fraction of sp³-hybridized carbons (Fsp3) is 0.474. The number of aryl methyl sites for hydroxylation is 1. The van der Waals surface area contributed by atoms with Crippen molar-refractivity contribution in [3.05, 3.63) is 46.1 Å². The maximum Gasteiger partial charge on any atom is 0.235 e. The maximum atomic E-state index is 14.0. The zero-order valence-electron chi connectivity index (χ0n) is 15.5. The number of halogens is 2. The van der Waals surface area contributed by atoms with E-state index in [2.05, 4.69) is 23.9 Å². The van der Waals surface area contributed by atoms with E-state index < -0.39 is 11.6 Å². The van der Waals surface area contributed by atoms with E-state index in [1.54, 1.807) is 13.0 Å². The van der Waals surface area contributed by atoms with Crippen molar-refractivity contribution >= 4 is 16.3 Å². The molecule has 0 amide bonds. The minimum Gasteiger partial charge on any atom is -0.492 e. The zero-order valence-corrected chi connectivity index (χ0v) is 16.4. The van der Waals surface area contributed by atoms with Gasteiger partial charge in [0.25, 0.3) is 0 Å². The number of nitrogens with one attached hydrogen (secondary N) is 1. The lowest BCUT2D eigenvalue weighted by Gasteiger charge is -2.37. The van der Waals surface area contributed by atoms with E-state index in [1.165, 1.54) is 26.8 Å². The molecule has 0 radical (unpaired) electrons. The molecule has 0 aliphatic carbocycles. The molecule has 1 aromatic carbocycles. The van der Waals surface area contributed by atoms with Crippen molar-refractivity contribution in [1.82, 2.24) is 14.6 Å². The van der Waals surface area contributed by atoms with Gasteiger partial charge in [0, 0.05) is 17.4 Å². The first kappa shape index (κ1) is 18.3. The number of fused-ring (bicyclic) bond motifs is 1. The smallest absolute Gasteiger partial charge is 0.235 e. The first-order valence-electron chi connectivity index (χ1n) is 9.18. The third kappa shape index (κ3) is 3.32. The van der Waals surface area contributed by atoms with Gasteiger partial charge in [-0.15, -0.1) is 5.10 Å². The Morgan fingerprint density at radius 3 is 2.56 bits per heavy atom. The van der Waals surface area contributed by atoms with Crippen LogP contribution in [0.3, 0.4) is 0 Å². The molecule has 0 bridgehead atoms. The summed E-state index contributed by atoms with van der Waals surface area (Å²) < 4.78 is 28.9. The average Bonchev–Trinajstić information content (AvgIpc) is 3.08. The molecule has 1 fully saturated rings. The summed E-state index contributed by atoms with van der Waals surface area (Å²) >= 11 is 1.36. The van der Waals surface area contributed by atoms with Gasteiger partial charge in [0.05, 0.1) is 13.1 Å². The molecule has 1 aliphatic rings. The third-order valence-corrected chi connectivity index (χ3v) is 6.36. The number of piperidine rings is 1. The van der Waals surface area contributed by atoms with Gasteiger partial charge < -0.3 is 10.0 Å². The van der Waals surface area contributed by atoms with E-state index in [9.17, 15) is 13.9 Å². The molecule has 27 heavy (non-hydrogen) atoms. The average molecular weight is 393 g/mol. The molecular formula is C19H23F2N4OS+. The lowest BCUT2D eigenvalue weighted by atomic mass is 9.89. The van der Waals surface area contributed by atoms with Crippen LogP contribution in [0.15, 0.2) is 18.2 Å². The van der Waals surface area contributed by atoms with Crippen molar-refractivity contribution < 1.29 is 18.8 Å². The Kier molecular flexibility index (Phi) is 4.63. The number of aromatic nitrogens is 3. The van der Waals surface area contributed by atoms with Crippen LogP contribution in [0.2, 0.25) is 0 Å². The molecule has 2 N–H and O–H groups in total. The Balaban J connectivity index is 1.85. The van der Waals surface area contributed by atoms with Gasteiger partial charge >= 0.3 is 0 Å². The number of nitrogens with zero attached hydrogens (tertiary/aromatic N) is 3. The van der Waals surface area contributed by atoms with Gasteiger partial charge in [-0.25, -0.2) is 13.8 Å². The molecule has 1 aliphatic heterocycles. The van der Waals surface area contributed by atoms with Crippen LogP contribution in [-0.2, 0) is 0 Å². The second-order valence-electron chi connectivity index (χ2n) is 7.76. The first-order valence-corrected chi connectivity index (χ1v) is 9.99. The Labute approximate surface area is 160 Å². The molecule has 8 heteroatoms. The summed E-state index contributed by atoms with van der Waals surface area (Å²) in [6.07, 6.45) is 1.15. The minimum atomic E-state index is -0.871. The van der Waals surface area contributed by atoms with E-state index in [4.69, 9.17) is 0 Å². The largest absolute Gasteiger partial charge is 0.492 e. The molecule has 144 valence electrons. The quantitative estimate of drug-likeness (QED) is 0.720. The molecule has 4 rings (SSSR count). The van der Waals surface area contributed by atoms with Gasteiger partial charge in [-0.2, -0.15) is 4.52 Å². The fourth-order valence-corrected chi connectivity index (χ4v) is 5.55. The summed E-state index contributed by atoms with van der Waals surface area (Å²) in [4.78, 5) is 6.87. The van der Waals surface area contributed by atoms with Crippen LogP contribution in [0.1, 0.15) is 42.6 Å². The number of likely N-dealkylation sites (tertiary alicyclic amines) is 1. The topological polar surface area (TPSA) is 54.9 Å². The highest BCUT2D eigenvalue weighted by molar-refractivity contribution is 7.17. The zero-order chi connectivity index (χ0) is 19.3. The number of quaternary nitrogens is 1. The van der Waals surface area contributed by atoms with Crippen LogP contribution in [0.5, 0.6) is 5.88 Å². The van der Waals surface area contributed by atoms with Gasteiger partial charge in [0.2, 0.25) is 10.8 Å². The van der Waals surface area contributed by atoms with E-state index in [0.717, 1.165) is 25.6 Å². The number of aromatic hydroxyl groups is 1. The van der Waals surface area contributed by atoms with Gasteiger partial charge in [-0.1, -0.05) is 25.2 Å². The molecule has 3 atom stereocenters. The van der Waals surface area contributed by atoms with Crippen molar-refractivity contribution in [2.75, 3.05) is 13.1 Å². The summed E-state index contributed by atoms with van der Waals surface area (Å²) in [7, 11) is 0. The predicted octanol–water partition coefficient (Wildman–Crippen LogP) is 2.73. The molecule has 2 aromatic heterocycles. The lowest BCUT2D eigenvalue weighted by Crippen LogP contribution is -3.14. The fourth-order valence-electron chi connectivity index (χ4n) is 4.37. The maximum absolute atomic E-state index is 14.0. The number of thiazole rings is 1. The molecule has 5 nitrogen and oxygen atoms in total. The van der Waals surface area contributed by atoms with Crippen molar-refractivity contribution in [1.29, 1.82) is 0 Å². The van der Waals surface area contributed by atoms with Gasteiger partial charge in [0.15, 0.2) is 17.7 Å². The molecule has 1 saturated heterocycles. The Morgan fingerprint density at radius 2 is 1.93 bits per heavy atom.